The Hall–Kier alpha value is -0.280. The first-order chi connectivity index (χ1) is 5.66. The average Bonchev–Trinajstić information content (AvgIpc) is 2.50. The van der Waals surface area contributed by atoms with Gasteiger partial charge >= 0.3 is 0 Å². The first kappa shape index (κ1) is 12.7. The molecule has 1 saturated heterocycles. The number of carbonyl (C=O) groups is 1. The molecule has 0 saturated carbocycles. The van der Waals surface area contributed by atoms with Gasteiger partial charge in [-0.25, -0.2) is 0 Å². The molecule has 0 aromatic heterocycles. The molecular formula is C9H19ClN2O. The summed E-state index contributed by atoms with van der Waals surface area (Å²) in [6.07, 6.45) is 0.975. The molecule has 2 N–H and O–H groups in total. The molecule has 0 spiro atoms. The van der Waals surface area contributed by atoms with Gasteiger partial charge in [0, 0.05) is 13.1 Å². The summed E-state index contributed by atoms with van der Waals surface area (Å²) >= 11 is 0. The number of hydrogen-bond donors (Lipinski definition) is 2. The molecule has 1 fully saturated rings. The van der Waals surface area contributed by atoms with Crippen molar-refractivity contribution in [2.24, 2.45) is 11.8 Å². The van der Waals surface area contributed by atoms with E-state index in [1.165, 1.54) is 0 Å². The fraction of sp³-hybridized carbons (Fsp3) is 0.889. The molecule has 0 radical (unpaired) electrons. The van der Waals surface area contributed by atoms with Crippen molar-refractivity contribution < 1.29 is 4.79 Å². The van der Waals surface area contributed by atoms with Crippen molar-refractivity contribution in [2.45, 2.75) is 26.3 Å². The molecule has 4 heteroatoms. The highest BCUT2D eigenvalue weighted by molar-refractivity contribution is 5.85. The Balaban J connectivity index is 0.00000144. The first-order valence-corrected chi connectivity index (χ1v) is 4.61. The SMILES string of the molecule is CNC(=O)C1CCNC1C(C)C.Cl. The summed E-state index contributed by atoms with van der Waals surface area (Å²) in [5, 5.41) is 6.07. The van der Waals surface area contributed by atoms with E-state index in [1.54, 1.807) is 7.05 Å². The summed E-state index contributed by atoms with van der Waals surface area (Å²) in [5.74, 6) is 0.892. The first-order valence-electron chi connectivity index (χ1n) is 4.61. The molecule has 0 bridgehead atoms. The third-order valence-electron chi connectivity index (χ3n) is 2.57. The molecule has 13 heavy (non-hydrogen) atoms. The van der Waals surface area contributed by atoms with Crippen molar-refractivity contribution in [1.29, 1.82) is 0 Å². The molecular weight excluding hydrogens is 188 g/mol. The van der Waals surface area contributed by atoms with Crippen LogP contribution in [0.1, 0.15) is 20.3 Å². The van der Waals surface area contributed by atoms with Gasteiger partial charge in [0.1, 0.15) is 0 Å². The van der Waals surface area contributed by atoms with Crippen LogP contribution >= 0.6 is 12.4 Å². The summed E-state index contributed by atoms with van der Waals surface area (Å²) in [6, 6.07) is 0.366. The number of carbonyl (C=O) groups excluding carboxylic acids is 1. The smallest absolute Gasteiger partial charge is 0.224 e. The Morgan fingerprint density at radius 2 is 2.15 bits per heavy atom. The van der Waals surface area contributed by atoms with Crippen LogP contribution in [0.3, 0.4) is 0 Å². The minimum Gasteiger partial charge on any atom is -0.359 e. The lowest BCUT2D eigenvalue weighted by Crippen LogP contribution is -2.39. The van der Waals surface area contributed by atoms with Crippen molar-refractivity contribution in [1.82, 2.24) is 10.6 Å². The molecule has 3 nitrogen and oxygen atoms in total. The number of nitrogens with one attached hydrogen (secondary N) is 2. The zero-order valence-electron chi connectivity index (χ0n) is 8.46. The van der Waals surface area contributed by atoms with Crippen LogP contribution in [0.2, 0.25) is 0 Å². The topological polar surface area (TPSA) is 41.1 Å². The predicted octanol–water partition coefficient (Wildman–Crippen LogP) is 0.788. The van der Waals surface area contributed by atoms with E-state index in [1.807, 2.05) is 0 Å². The van der Waals surface area contributed by atoms with E-state index in [0.29, 0.717) is 12.0 Å². The highest BCUT2D eigenvalue weighted by atomic mass is 35.5. The van der Waals surface area contributed by atoms with Gasteiger partial charge in [-0.05, 0) is 18.9 Å². The third-order valence-corrected chi connectivity index (χ3v) is 2.57. The van der Waals surface area contributed by atoms with Crippen molar-refractivity contribution in [3.05, 3.63) is 0 Å². The van der Waals surface area contributed by atoms with Gasteiger partial charge in [-0.1, -0.05) is 13.8 Å². The monoisotopic (exact) mass is 206 g/mol. The van der Waals surface area contributed by atoms with Gasteiger partial charge < -0.3 is 10.6 Å². The molecule has 1 amide bonds. The zero-order valence-corrected chi connectivity index (χ0v) is 9.28. The highest BCUT2D eigenvalue weighted by Crippen LogP contribution is 2.21. The maximum Gasteiger partial charge on any atom is 0.224 e. The summed E-state index contributed by atoms with van der Waals surface area (Å²) in [7, 11) is 1.71. The lowest BCUT2D eigenvalue weighted by atomic mass is 9.91. The van der Waals surface area contributed by atoms with E-state index in [-0.39, 0.29) is 24.2 Å². The lowest BCUT2D eigenvalue weighted by Gasteiger charge is -2.21. The molecule has 1 aliphatic heterocycles. The van der Waals surface area contributed by atoms with Crippen molar-refractivity contribution in [2.75, 3.05) is 13.6 Å². The maximum atomic E-state index is 11.4. The summed E-state index contributed by atoms with van der Waals surface area (Å²) in [5.41, 5.74) is 0. The Morgan fingerprint density at radius 1 is 1.54 bits per heavy atom. The molecule has 2 unspecified atom stereocenters. The normalized spacial score (nSPS) is 27.1. The average molecular weight is 207 g/mol. The highest BCUT2D eigenvalue weighted by Gasteiger charge is 2.33. The van der Waals surface area contributed by atoms with Gasteiger partial charge in [0.05, 0.1) is 5.92 Å². The van der Waals surface area contributed by atoms with E-state index in [0.717, 1.165) is 13.0 Å². The van der Waals surface area contributed by atoms with Gasteiger partial charge in [-0.3, -0.25) is 4.79 Å². The van der Waals surface area contributed by atoms with Crippen LogP contribution < -0.4 is 10.6 Å². The van der Waals surface area contributed by atoms with Crippen LogP contribution in [0.25, 0.3) is 0 Å². The Kier molecular flexibility index (Phi) is 5.33. The van der Waals surface area contributed by atoms with E-state index in [2.05, 4.69) is 24.5 Å². The molecule has 0 aromatic carbocycles. The Morgan fingerprint density at radius 3 is 2.62 bits per heavy atom. The van der Waals surface area contributed by atoms with E-state index < -0.39 is 0 Å². The van der Waals surface area contributed by atoms with Gasteiger partial charge in [0.25, 0.3) is 0 Å². The molecule has 1 aliphatic rings. The van der Waals surface area contributed by atoms with E-state index >= 15 is 0 Å². The predicted molar refractivity (Wildman–Crippen MR) is 56.1 cm³/mol. The van der Waals surface area contributed by atoms with Gasteiger partial charge in [-0.2, -0.15) is 0 Å². The van der Waals surface area contributed by atoms with Crippen LogP contribution in [0.4, 0.5) is 0 Å². The molecule has 2 atom stereocenters. The fourth-order valence-corrected chi connectivity index (χ4v) is 1.91. The third kappa shape index (κ3) is 2.85. The number of hydrogen-bond acceptors (Lipinski definition) is 2. The molecule has 1 heterocycles. The quantitative estimate of drug-likeness (QED) is 0.702. The minimum absolute atomic E-state index is 0. The van der Waals surface area contributed by atoms with Crippen LogP contribution in [-0.2, 0) is 4.79 Å². The Bertz CT molecular complexity index is 173. The molecule has 1 rings (SSSR count). The molecule has 78 valence electrons. The van der Waals surface area contributed by atoms with Crippen LogP contribution in [0.5, 0.6) is 0 Å². The summed E-state index contributed by atoms with van der Waals surface area (Å²) < 4.78 is 0. The van der Waals surface area contributed by atoms with Crippen LogP contribution in [-0.4, -0.2) is 25.5 Å². The second-order valence-electron chi connectivity index (χ2n) is 3.73. The second-order valence-corrected chi connectivity index (χ2v) is 3.73. The van der Waals surface area contributed by atoms with Crippen molar-refractivity contribution >= 4 is 18.3 Å². The van der Waals surface area contributed by atoms with Gasteiger partial charge in [0.15, 0.2) is 0 Å². The minimum atomic E-state index is 0. The van der Waals surface area contributed by atoms with Gasteiger partial charge in [0.2, 0.25) is 5.91 Å². The number of amides is 1. The second kappa shape index (κ2) is 5.45. The van der Waals surface area contributed by atoms with Crippen molar-refractivity contribution in [3.63, 3.8) is 0 Å². The standard InChI is InChI=1S/C9H18N2O.ClH/c1-6(2)8-7(4-5-11-8)9(12)10-3;/h6-8,11H,4-5H2,1-3H3,(H,10,12);1H. The molecule has 0 aromatic rings. The van der Waals surface area contributed by atoms with E-state index in [9.17, 15) is 4.79 Å². The van der Waals surface area contributed by atoms with Crippen molar-refractivity contribution in [3.8, 4) is 0 Å². The Labute approximate surface area is 86.1 Å². The van der Waals surface area contributed by atoms with Crippen LogP contribution in [0, 0.1) is 11.8 Å². The molecule has 0 aliphatic carbocycles. The lowest BCUT2D eigenvalue weighted by molar-refractivity contribution is -0.125. The van der Waals surface area contributed by atoms with Gasteiger partial charge in [-0.15, -0.1) is 12.4 Å². The van der Waals surface area contributed by atoms with Crippen LogP contribution in [0.15, 0.2) is 0 Å². The maximum absolute atomic E-state index is 11.4. The number of halogens is 1. The number of rotatable bonds is 2. The summed E-state index contributed by atoms with van der Waals surface area (Å²) in [4.78, 5) is 11.4. The summed E-state index contributed by atoms with van der Waals surface area (Å²) in [6.45, 7) is 5.28. The van der Waals surface area contributed by atoms with E-state index in [4.69, 9.17) is 0 Å². The fourth-order valence-electron chi connectivity index (χ4n) is 1.91. The largest absolute Gasteiger partial charge is 0.359 e. The zero-order chi connectivity index (χ0) is 9.14.